The van der Waals surface area contributed by atoms with Crippen LogP contribution in [0.1, 0.15) is 26.0 Å². The number of nitrogens with zero attached hydrogens (tertiary/aromatic N) is 1. The molecule has 0 spiro atoms. The summed E-state index contributed by atoms with van der Waals surface area (Å²) in [5, 5.41) is 0. The molecule has 0 saturated carbocycles. The van der Waals surface area contributed by atoms with Crippen molar-refractivity contribution in [1.29, 1.82) is 0 Å². The van der Waals surface area contributed by atoms with Gasteiger partial charge in [0.2, 0.25) is 10.0 Å². The summed E-state index contributed by atoms with van der Waals surface area (Å²) in [7, 11) is -1.45. The van der Waals surface area contributed by atoms with Gasteiger partial charge in [0.15, 0.2) is 0 Å². The van der Waals surface area contributed by atoms with Crippen LogP contribution in [0.25, 0.3) is 0 Å². The molecule has 0 aliphatic carbocycles. The zero-order valence-electron chi connectivity index (χ0n) is 11.8. The van der Waals surface area contributed by atoms with Crippen molar-refractivity contribution in [3.05, 3.63) is 18.0 Å². The van der Waals surface area contributed by atoms with E-state index in [0.29, 0.717) is 31.4 Å². The normalized spacial score (nSPS) is 13.9. The summed E-state index contributed by atoms with van der Waals surface area (Å²) >= 11 is 0. The fourth-order valence-corrected chi connectivity index (χ4v) is 2.70. The first-order valence-electron chi connectivity index (χ1n) is 6.48. The van der Waals surface area contributed by atoms with E-state index in [1.54, 1.807) is 6.07 Å². The molecule has 0 amide bonds. The molecule has 1 atom stereocenters. The highest BCUT2D eigenvalue weighted by atomic mass is 32.2. The molecule has 0 aliphatic heterocycles. The molecule has 1 heterocycles. The van der Waals surface area contributed by atoms with Gasteiger partial charge in [0.25, 0.3) is 0 Å². The van der Waals surface area contributed by atoms with E-state index in [2.05, 4.69) is 28.5 Å². The summed E-state index contributed by atoms with van der Waals surface area (Å²) < 4.78 is 26.6. The number of nitrogens with one attached hydrogen (secondary N) is 2. The number of rotatable bonds is 8. The number of hydrogen-bond acceptors (Lipinski definition) is 4. The second kappa shape index (κ2) is 7.04. The molecule has 0 fully saturated rings. The minimum atomic E-state index is -3.44. The smallest absolute Gasteiger partial charge is 0.242 e. The molecule has 110 valence electrons. The minimum absolute atomic E-state index is 0.235. The summed E-state index contributed by atoms with van der Waals surface area (Å²) in [5.74, 6) is 0. The molecule has 0 aromatic carbocycles. The first kappa shape index (κ1) is 16.2. The number of H-pyrrole nitrogens is 1. The molecule has 1 unspecified atom stereocenters. The Labute approximate surface area is 115 Å². The molecule has 0 radical (unpaired) electrons. The number of nitrogens with two attached hydrogens (primary N) is 1. The lowest BCUT2D eigenvalue weighted by atomic mass is 10.2. The van der Waals surface area contributed by atoms with E-state index in [1.165, 1.54) is 6.20 Å². The molecular formula is C12H24N4O2S. The number of aromatic nitrogens is 1. The van der Waals surface area contributed by atoms with Crippen LogP contribution in [0.2, 0.25) is 0 Å². The van der Waals surface area contributed by atoms with Crippen molar-refractivity contribution in [3.8, 4) is 0 Å². The van der Waals surface area contributed by atoms with Crippen LogP contribution in [-0.2, 0) is 16.6 Å². The lowest BCUT2D eigenvalue weighted by molar-refractivity contribution is 0.256. The molecule has 7 heteroatoms. The van der Waals surface area contributed by atoms with Crippen LogP contribution in [0.15, 0.2) is 17.2 Å². The summed E-state index contributed by atoms with van der Waals surface area (Å²) in [5.41, 5.74) is 6.15. The van der Waals surface area contributed by atoms with Gasteiger partial charge in [-0.2, -0.15) is 0 Å². The zero-order chi connectivity index (χ0) is 14.5. The quantitative estimate of drug-likeness (QED) is 0.649. The zero-order valence-corrected chi connectivity index (χ0v) is 12.6. The van der Waals surface area contributed by atoms with Crippen molar-refractivity contribution < 1.29 is 8.42 Å². The highest BCUT2D eigenvalue weighted by molar-refractivity contribution is 7.89. The van der Waals surface area contributed by atoms with Crippen molar-refractivity contribution >= 4 is 10.0 Å². The third-order valence-corrected chi connectivity index (χ3v) is 4.79. The molecule has 6 nitrogen and oxygen atoms in total. The Morgan fingerprint density at radius 1 is 1.53 bits per heavy atom. The fraction of sp³-hybridized carbons (Fsp3) is 0.667. The number of sulfonamides is 1. The Balaban J connectivity index is 2.52. The van der Waals surface area contributed by atoms with E-state index in [1.807, 2.05) is 7.05 Å². The molecule has 19 heavy (non-hydrogen) atoms. The van der Waals surface area contributed by atoms with E-state index >= 15 is 0 Å². The van der Waals surface area contributed by atoms with E-state index in [0.717, 1.165) is 6.42 Å². The Kier molecular flexibility index (Phi) is 5.99. The number of aromatic amines is 1. The van der Waals surface area contributed by atoms with Crippen molar-refractivity contribution in [3.63, 3.8) is 0 Å². The third-order valence-electron chi connectivity index (χ3n) is 3.35. The van der Waals surface area contributed by atoms with Gasteiger partial charge in [-0.05, 0) is 26.5 Å². The minimum Gasteiger partial charge on any atom is -0.363 e. The van der Waals surface area contributed by atoms with E-state index < -0.39 is 10.0 Å². The average Bonchev–Trinajstić information content (AvgIpc) is 2.86. The van der Waals surface area contributed by atoms with Gasteiger partial charge in [0, 0.05) is 37.6 Å². The molecule has 0 saturated heterocycles. The van der Waals surface area contributed by atoms with Gasteiger partial charge in [-0.1, -0.05) is 6.92 Å². The predicted octanol–water partition coefficient (Wildman–Crippen LogP) is 0.482. The SMILES string of the molecule is CCC(C)N(C)CCNS(=O)(=O)c1c[nH]c(CN)c1. The molecule has 0 aliphatic rings. The Morgan fingerprint density at radius 3 is 2.74 bits per heavy atom. The van der Waals surface area contributed by atoms with Crippen molar-refractivity contribution in [2.45, 2.75) is 37.8 Å². The van der Waals surface area contributed by atoms with Crippen molar-refractivity contribution in [2.75, 3.05) is 20.1 Å². The second-order valence-electron chi connectivity index (χ2n) is 4.70. The molecule has 0 bridgehead atoms. The first-order valence-corrected chi connectivity index (χ1v) is 7.96. The number of likely N-dealkylation sites (N-methyl/N-ethyl adjacent to an activating group) is 1. The molecule has 1 rings (SSSR count). The average molecular weight is 288 g/mol. The van der Waals surface area contributed by atoms with Crippen molar-refractivity contribution in [1.82, 2.24) is 14.6 Å². The standard InChI is InChI=1S/C12H24N4O2S/c1-4-10(2)16(3)6-5-15-19(17,18)12-7-11(8-13)14-9-12/h7,9-10,14-15H,4-6,8,13H2,1-3H3. The second-order valence-corrected chi connectivity index (χ2v) is 6.47. The van der Waals surface area contributed by atoms with Crippen LogP contribution < -0.4 is 10.5 Å². The maximum absolute atomic E-state index is 12.0. The monoisotopic (exact) mass is 288 g/mol. The van der Waals surface area contributed by atoms with Gasteiger partial charge in [-0.25, -0.2) is 13.1 Å². The van der Waals surface area contributed by atoms with E-state index in [-0.39, 0.29) is 4.90 Å². The van der Waals surface area contributed by atoms with Gasteiger partial charge in [-0.15, -0.1) is 0 Å². The van der Waals surface area contributed by atoms with Crippen molar-refractivity contribution in [2.24, 2.45) is 5.73 Å². The first-order chi connectivity index (χ1) is 8.90. The molecular weight excluding hydrogens is 264 g/mol. The largest absolute Gasteiger partial charge is 0.363 e. The Hall–Kier alpha value is -0.890. The highest BCUT2D eigenvalue weighted by Crippen LogP contribution is 2.09. The summed E-state index contributed by atoms with van der Waals surface area (Å²) in [6, 6.07) is 2.00. The van der Waals surface area contributed by atoms with Gasteiger partial charge in [0.1, 0.15) is 0 Å². The van der Waals surface area contributed by atoms with Gasteiger partial charge in [0.05, 0.1) is 4.90 Å². The Bertz CT molecular complexity index is 484. The fourth-order valence-electron chi connectivity index (χ4n) is 1.66. The summed E-state index contributed by atoms with van der Waals surface area (Å²) in [6.45, 7) is 5.61. The van der Waals surface area contributed by atoms with Crippen LogP contribution in [0, 0.1) is 0 Å². The van der Waals surface area contributed by atoms with Crippen LogP contribution in [0.3, 0.4) is 0 Å². The summed E-state index contributed by atoms with van der Waals surface area (Å²) in [4.78, 5) is 5.20. The maximum atomic E-state index is 12.0. The van der Waals surface area contributed by atoms with Gasteiger partial charge < -0.3 is 15.6 Å². The third kappa shape index (κ3) is 4.61. The molecule has 1 aromatic rings. The van der Waals surface area contributed by atoms with E-state index in [9.17, 15) is 8.42 Å². The Morgan fingerprint density at radius 2 is 2.21 bits per heavy atom. The lowest BCUT2D eigenvalue weighted by Gasteiger charge is -2.23. The maximum Gasteiger partial charge on any atom is 0.242 e. The van der Waals surface area contributed by atoms with Crippen LogP contribution in [0.5, 0.6) is 0 Å². The molecule has 1 aromatic heterocycles. The number of hydrogen-bond donors (Lipinski definition) is 3. The van der Waals surface area contributed by atoms with Crippen LogP contribution >= 0.6 is 0 Å². The van der Waals surface area contributed by atoms with E-state index in [4.69, 9.17) is 5.73 Å². The van der Waals surface area contributed by atoms with Gasteiger partial charge in [-0.3, -0.25) is 0 Å². The van der Waals surface area contributed by atoms with Crippen LogP contribution in [-0.4, -0.2) is 44.5 Å². The van der Waals surface area contributed by atoms with Crippen LogP contribution in [0.4, 0.5) is 0 Å². The highest BCUT2D eigenvalue weighted by Gasteiger charge is 2.16. The molecule has 4 N–H and O–H groups in total. The topological polar surface area (TPSA) is 91.2 Å². The lowest BCUT2D eigenvalue weighted by Crippen LogP contribution is -2.36. The summed E-state index contributed by atoms with van der Waals surface area (Å²) in [6.07, 6.45) is 2.50. The van der Waals surface area contributed by atoms with Gasteiger partial charge >= 0.3 is 0 Å². The predicted molar refractivity (Wildman–Crippen MR) is 76.3 cm³/mol.